The molecule has 0 aliphatic rings. The van der Waals surface area contributed by atoms with Gasteiger partial charge < -0.3 is 0 Å². The Hall–Kier alpha value is -0.510. The highest BCUT2D eigenvalue weighted by Crippen LogP contribution is 2.16. The van der Waals surface area contributed by atoms with Crippen molar-refractivity contribution >= 4 is 11.5 Å². The number of alkyl halides is 2. The molecule has 0 fully saturated rings. The van der Waals surface area contributed by atoms with E-state index >= 15 is 0 Å². The second-order valence-corrected chi connectivity index (χ2v) is 1.89. The van der Waals surface area contributed by atoms with Crippen LogP contribution in [0.15, 0.2) is 11.4 Å². The number of hydrogen-bond acceptors (Lipinski definition) is 2. The summed E-state index contributed by atoms with van der Waals surface area (Å²) >= 11 is 1.04. The van der Waals surface area contributed by atoms with E-state index < -0.39 is 6.43 Å². The first-order valence-electron chi connectivity index (χ1n) is 1.99. The molecule has 1 heterocycles. The Kier molecular flexibility index (Phi) is 1.53. The van der Waals surface area contributed by atoms with Gasteiger partial charge in [0.05, 0.1) is 0 Å². The van der Waals surface area contributed by atoms with Crippen LogP contribution in [0, 0.1) is 0 Å². The molecule has 0 unspecified atom stereocenters. The molecule has 8 heavy (non-hydrogen) atoms. The SMILES string of the molecule is FC(F)c1ccsn1. The van der Waals surface area contributed by atoms with Crippen LogP contribution in [0.2, 0.25) is 0 Å². The van der Waals surface area contributed by atoms with E-state index in [1.807, 2.05) is 0 Å². The Morgan fingerprint density at radius 2 is 2.38 bits per heavy atom. The predicted molar refractivity (Wildman–Crippen MR) is 27.1 cm³/mol. The maximum Gasteiger partial charge on any atom is 0.281 e. The van der Waals surface area contributed by atoms with E-state index in [1.54, 1.807) is 0 Å². The first kappa shape index (κ1) is 5.62. The summed E-state index contributed by atoms with van der Waals surface area (Å²) in [5, 5.41) is 1.53. The van der Waals surface area contributed by atoms with E-state index in [4.69, 9.17) is 0 Å². The van der Waals surface area contributed by atoms with Crippen LogP contribution in [0.3, 0.4) is 0 Å². The number of hydrogen-bond donors (Lipinski definition) is 0. The molecule has 1 rings (SSSR count). The molecule has 0 radical (unpaired) electrons. The molecule has 1 aromatic rings. The summed E-state index contributed by atoms with van der Waals surface area (Å²) in [7, 11) is 0. The Morgan fingerprint density at radius 1 is 1.62 bits per heavy atom. The summed E-state index contributed by atoms with van der Waals surface area (Å²) in [5.41, 5.74) is -0.130. The fraction of sp³-hybridized carbons (Fsp3) is 0.250. The molecule has 44 valence electrons. The summed E-state index contributed by atoms with van der Waals surface area (Å²) in [4.78, 5) is 0. The first-order chi connectivity index (χ1) is 3.80. The number of aromatic nitrogens is 1. The molecule has 0 N–H and O–H groups in total. The average Bonchev–Trinajstić information content (AvgIpc) is 2.12. The normalized spacial score (nSPS) is 10.4. The van der Waals surface area contributed by atoms with Gasteiger partial charge in [0.15, 0.2) is 0 Å². The van der Waals surface area contributed by atoms with Gasteiger partial charge >= 0.3 is 0 Å². The molecule has 1 aromatic heterocycles. The second kappa shape index (κ2) is 2.17. The molecular weight excluding hydrogens is 132 g/mol. The van der Waals surface area contributed by atoms with Crippen LogP contribution in [0.1, 0.15) is 12.1 Å². The van der Waals surface area contributed by atoms with Crippen molar-refractivity contribution in [3.05, 3.63) is 17.1 Å². The third-order valence-corrected chi connectivity index (χ3v) is 1.26. The van der Waals surface area contributed by atoms with Crippen LogP contribution >= 0.6 is 11.5 Å². The number of rotatable bonds is 1. The standard InChI is InChI=1S/C4H3F2NS/c5-4(6)3-1-2-8-7-3/h1-2,4H. The monoisotopic (exact) mass is 135 g/mol. The smallest absolute Gasteiger partial charge is 0.203 e. The fourth-order valence-electron chi connectivity index (χ4n) is 0.334. The number of halogens is 2. The fourth-order valence-corrected chi connectivity index (χ4v) is 0.858. The molecule has 4 heteroatoms. The molecule has 0 saturated heterocycles. The van der Waals surface area contributed by atoms with Gasteiger partial charge in [0.25, 0.3) is 6.43 Å². The summed E-state index contributed by atoms with van der Waals surface area (Å²) in [6.45, 7) is 0. The van der Waals surface area contributed by atoms with Crippen molar-refractivity contribution in [1.82, 2.24) is 4.37 Å². The maximum atomic E-state index is 11.5. The summed E-state index contributed by atoms with van der Waals surface area (Å²) in [6.07, 6.45) is -2.42. The lowest BCUT2D eigenvalue weighted by atomic mass is 10.5. The van der Waals surface area contributed by atoms with Crippen LogP contribution in [0.4, 0.5) is 8.78 Å². The molecule has 0 spiro atoms. The highest BCUT2D eigenvalue weighted by molar-refractivity contribution is 7.03. The van der Waals surface area contributed by atoms with Crippen molar-refractivity contribution in [2.24, 2.45) is 0 Å². The zero-order chi connectivity index (χ0) is 5.98. The highest BCUT2D eigenvalue weighted by atomic mass is 32.1. The molecule has 0 atom stereocenters. The quantitative estimate of drug-likeness (QED) is 0.574. The van der Waals surface area contributed by atoms with Gasteiger partial charge in [-0.15, -0.1) is 0 Å². The summed E-state index contributed by atoms with van der Waals surface area (Å²) in [6, 6.07) is 1.31. The van der Waals surface area contributed by atoms with E-state index in [0.717, 1.165) is 11.5 Å². The molecule has 0 bridgehead atoms. The van der Waals surface area contributed by atoms with Crippen LogP contribution in [0.5, 0.6) is 0 Å². The molecular formula is C4H3F2NS. The van der Waals surface area contributed by atoms with Crippen molar-refractivity contribution in [1.29, 1.82) is 0 Å². The van der Waals surface area contributed by atoms with E-state index in [2.05, 4.69) is 4.37 Å². The minimum atomic E-state index is -2.42. The minimum Gasteiger partial charge on any atom is -0.203 e. The topological polar surface area (TPSA) is 12.9 Å². The van der Waals surface area contributed by atoms with Gasteiger partial charge in [-0.3, -0.25) is 0 Å². The van der Waals surface area contributed by atoms with Gasteiger partial charge in [-0.1, -0.05) is 0 Å². The van der Waals surface area contributed by atoms with E-state index in [-0.39, 0.29) is 5.69 Å². The average molecular weight is 135 g/mol. The van der Waals surface area contributed by atoms with Crippen LogP contribution < -0.4 is 0 Å². The van der Waals surface area contributed by atoms with Crippen LogP contribution in [0.25, 0.3) is 0 Å². The molecule has 1 nitrogen and oxygen atoms in total. The first-order valence-corrected chi connectivity index (χ1v) is 2.83. The lowest BCUT2D eigenvalue weighted by Crippen LogP contribution is -1.79. The molecule has 0 saturated carbocycles. The van der Waals surface area contributed by atoms with Crippen molar-refractivity contribution in [2.75, 3.05) is 0 Å². The van der Waals surface area contributed by atoms with E-state index in [9.17, 15) is 8.78 Å². The maximum absolute atomic E-state index is 11.5. The van der Waals surface area contributed by atoms with Gasteiger partial charge in [0, 0.05) is 5.38 Å². The largest absolute Gasteiger partial charge is 0.281 e. The molecule has 0 aliphatic heterocycles. The van der Waals surface area contributed by atoms with E-state index in [0.29, 0.717) is 0 Å². The number of nitrogens with zero attached hydrogens (tertiary/aromatic N) is 1. The Morgan fingerprint density at radius 3 is 2.62 bits per heavy atom. The highest BCUT2D eigenvalue weighted by Gasteiger charge is 2.06. The van der Waals surface area contributed by atoms with E-state index in [1.165, 1.54) is 11.4 Å². The lowest BCUT2D eigenvalue weighted by Gasteiger charge is -1.85. The van der Waals surface area contributed by atoms with Gasteiger partial charge in [-0.25, -0.2) is 8.78 Å². The lowest BCUT2D eigenvalue weighted by molar-refractivity contribution is 0.147. The van der Waals surface area contributed by atoms with Crippen molar-refractivity contribution in [3.63, 3.8) is 0 Å². The van der Waals surface area contributed by atoms with Crippen molar-refractivity contribution in [3.8, 4) is 0 Å². The summed E-state index contributed by atoms with van der Waals surface area (Å²) < 4.78 is 26.5. The second-order valence-electron chi connectivity index (χ2n) is 1.23. The van der Waals surface area contributed by atoms with Crippen LogP contribution in [-0.4, -0.2) is 4.37 Å². The summed E-state index contributed by atoms with van der Waals surface area (Å²) in [5.74, 6) is 0. The molecule has 0 amide bonds. The molecule has 0 aliphatic carbocycles. The van der Waals surface area contributed by atoms with Gasteiger partial charge in [0.2, 0.25) is 0 Å². The zero-order valence-electron chi connectivity index (χ0n) is 3.84. The minimum absolute atomic E-state index is 0.130. The third-order valence-electron chi connectivity index (χ3n) is 0.681. The van der Waals surface area contributed by atoms with Gasteiger partial charge in [-0.05, 0) is 17.6 Å². The molecule has 0 aromatic carbocycles. The van der Waals surface area contributed by atoms with Crippen molar-refractivity contribution < 1.29 is 8.78 Å². The van der Waals surface area contributed by atoms with Gasteiger partial charge in [-0.2, -0.15) is 4.37 Å². The Bertz CT molecular complexity index is 149. The predicted octanol–water partition coefficient (Wildman–Crippen LogP) is 2.08. The zero-order valence-corrected chi connectivity index (χ0v) is 4.66. The van der Waals surface area contributed by atoms with Gasteiger partial charge in [0.1, 0.15) is 5.69 Å². The van der Waals surface area contributed by atoms with Crippen LogP contribution in [-0.2, 0) is 0 Å². The Labute approximate surface area is 49.1 Å². The van der Waals surface area contributed by atoms with Crippen molar-refractivity contribution in [2.45, 2.75) is 6.43 Å². The Balaban J connectivity index is 2.77. The third kappa shape index (κ3) is 1.01.